The average molecular weight is 363 g/mol. The smallest absolute Gasteiger partial charge is 0.255 e. The molecule has 1 amide bonds. The molecule has 2 aromatic rings. The van der Waals surface area contributed by atoms with E-state index in [0.717, 1.165) is 30.8 Å². The summed E-state index contributed by atoms with van der Waals surface area (Å²) in [4.78, 5) is 12.6. The lowest BCUT2D eigenvalue weighted by Crippen LogP contribution is -2.27. The van der Waals surface area contributed by atoms with Crippen LogP contribution in [0.1, 0.15) is 60.4 Å². The number of carbonyl (C=O) groups excluding carboxylic acids is 1. The molecule has 1 aliphatic heterocycles. The van der Waals surface area contributed by atoms with E-state index in [9.17, 15) is 4.79 Å². The fraction of sp³-hybridized carbons (Fsp3) is 0.474. The van der Waals surface area contributed by atoms with Gasteiger partial charge in [0.15, 0.2) is 0 Å². The Balaban J connectivity index is 0.00000225. The van der Waals surface area contributed by atoms with E-state index in [1.807, 2.05) is 4.68 Å². The third kappa shape index (κ3) is 4.05. The Kier molecular flexibility index (Phi) is 5.91. The van der Waals surface area contributed by atoms with Crippen molar-refractivity contribution in [3.8, 4) is 0 Å². The van der Waals surface area contributed by atoms with Crippen molar-refractivity contribution >= 4 is 18.3 Å². The van der Waals surface area contributed by atoms with Crippen molar-refractivity contribution in [2.24, 2.45) is 0 Å². The van der Waals surface area contributed by atoms with Crippen LogP contribution in [0.4, 0.5) is 0 Å². The minimum absolute atomic E-state index is 0. The summed E-state index contributed by atoms with van der Waals surface area (Å²) in [5.74, 6) is -0.0547. The Morgan fingerprint density at radius 1 is 1.28 bits per heavy atom. The Hall–Kier alpha value is -1.85. The minimum atomic E-state index is -0.128. The number of rotatable bonds is 4. The van der Waals surface area contributed by atoms with E-state index >= 15 is 0 Å². The molecule has 0 radical (unpaired) electrons. The number of amides is 1. The largest absolute Gasteiger partial charge is 0.348 e. The second-order valence-corrected chi connectivity index (χ2v) is 7.33. The molecule has 0 atom stereocenters. The van der Waals surface area contributed by atoms with Gasteiger partial charge in [-0.15, -0.1) is 12.4 Å². The van der Waals surface area contributed by atoms with Crippen LogP contribution in [-0.2, 0) is 31.6 Å². The molecule has 136 valence electrons. The molecule has 0 aliphatic carbocycles. The molecule has 5 nitrogen and oxygen atoms in total. The van der Waals surface area contributed by atoms with Crippen LogP contribution in [0.2, 0.25) is 0 Å². The zero-order valence-electron chi connectivity index (χ0n) is 15.3. The SMILES string of the molecule is CCc1c(C(=O)NCc2ccc3c(c2)CNC3)cnn1C(C)(C)C.Cl. The first-order valence-electron chi connectivity index (χ1n) is 8.57. The highest BCUT2D eigenvalue weighted by Gasteiger charge is 2.23. The lowest BCUT2D eigenvalue weighted by molar-refractivity contribution is 0.0949. The number of halogens is 1. The summed E-state index contributed by atoms with van der Waals surface area (Å²) < 4.78 is 1.95. The molecule has 0 unspecified atom stereocenters. The molecular formula is C19H27ClN4O. The second-order valence-electron chi connectivity index (χ2n) is 7.33. The van der Waals surface area contributed by atoms with Crippen molar-refractivity contribution in [1.82, 2.24) is 20.4 Å². The molecule has 2 heterocycles. The summed E-state index contributed by atoms with van der Waals surface area (Å²) in [5.41, 5.74) is 5.35. The summed E-state index contributed by atoms with van der Waals surface area (Å²) >= 11 is 0. The average Bonchev–Trinajstić information content (AvgIpc) is 3.17. The molecule has 0 saturated heterocycles. The predicted molar refractivity (Wildman–Crippen MR) is 102 cm³/mol. The standard InChI is InChI=1S/C19H26N4O.ClH/c1-5-17-16(12-22-23(17)19(2,3)4)18(24)21-9-13-6-7-14-10-20-11-15(14)8-13;/h6-8,12,20H,5,9-11H2,1-4H3,(H,21,24);1H. The summed E-state index contributed by atoms with van der Waals surface area (Å²) in [5, 5.41) is 10.8. The highest BCUT2D eigenvalue weighted by molar-refractivity contribution is 5.95. The molecule has 3 rings (SSSR count). The molecule has 0 bridgehead atoms. The molecule has 2 N–H and O–H groups in total. The van der Waals surface area contributed by atoms with Gasteiger partial charge in [0.2, 0.25) is 0 Å². The molecule has 25 heavy (non-hydrogen) atoms. The van der Waals surface area contributed by atoms with Gasteiger partial charge in [-0.3, -0.25) is 9.48 Å². The maximum atomic E-state index is 12.6. The Bertz CT molecular complexity index is 761. The molecule has 1 aromatic carbocycles. The van der Waals surface area contributed by atoms with Crippen molar-refractivity contribution in [2.75, 3.05) is 0 Å². The van der Waals surface area contributed by atoms with E-state index in [-0.39, 0.29) is 23.9 Å². The summed E-state index contributed by atoms with van der Waals surface area (Å²) in [7, 11) is 0. The second kappa shape index (κ2) is 7.58. The zero-order chi connectivity index (χ0) is 17.3. The molecule has 1 aromatic heterocycles. The quantitative estimate of drug-likeness (QED) is 0.878. The van der Waals surface area contributed by atoms with Gasteiger partial charge in [-0.2, -0.15) is 5.10 Å². The van der Waals surface area contributed by atoms with Crippen molar-refractivity contribution in [3.05, 3.63) is 52.3 Å². The first-order valence-corrected chi connectivity index (χ1v) is 8.57. The number of nitrogens with one attached hydrogen (secondary N) is 2. The highest BCUT2D eigenvalue weighted by Crippen LogP contribution is 2.20. The third-order valence-corrected chi connectivity index (χ3v) is 4.44. The molecular weight excluding hydrogens is 336 g/mol. The van der Waals surface area contributed by atoms with Gasteiger partial charge < -0.3 is 10.6 Å². The molecule has 0 spiro atoms. The van der Waals surface area contributed by atoms with Crippen molar-refractivity contribution in [2.45, 2.75) is 59.3 Å². The molecule has 6 heteroatoms. The molecule has 1 aliphatic rings. The lowest BCUT2D eigenvalue weighted by Gasteiger charge is -2.22. The van der Waals surface area contributed by atoms with E-state index in [4.69, 9.17) is 0 Å². The topological polar surface area (TPSA) is 59.0 Å². The van der Waals surface area contributed by atoms with Crippen molar-refractivity contribution in [3.63, 3.8) is 0 Å². The van der Waals surface area contributed by atoms with Crippen LogP contribution >= 0.6 is 12.4 Å². The normalized spacial score (nSPS) is 13.3. The Labute approximate surface area is 155 Å². The summed E-state index contributed by atoms with van der Waals surface area (Å²) in [6.45, 7) is 10.7. The monoisotopic (exact) mass is 362 g/mol. The van der Waals surface area contributed by atoms with E-state index in [2.05, 4.69) is 61.6 Å². The number of aromatic nitrogens is 2. The summed E-state index contributed by atoms with van der Waals surface area (Å²) in [6, 6.07) is 6.41. The van der Waals surface area contributed by atoms with E-state index in [0.29, 0.717) is 12.1 Å². The van der Waals surface area contributed by atoms with Crippen LogP contribution in [0.15, 0.2) is 24.4 Å². The fourth-order valence-electron chi connectivity index (χ4n) is 3.22. The number of benzene rings is 1. The highest BCUT2D eigenvalue weighted by atomic mass is 35.5. The van der Waals surface area contributed by atoms with Crippen LogP contribution < -0.4 is 10.6 Å². The third-order valence-electron chi connectivity index (χ3n) is 4.44. The van der Waals surface area contributed by atoms with Gasteiger partial charge in [0, 0.05) is 19.6 Å². The first-order chi connectivity index (χ1) is 11.4. The van der Waals surface area contributed by atoms with Crippen LogP contribution in [0.5, 0.6) is 0 Å². The number of fused-ring (bicyclic) bond motifs is 1. The Morgan fingerprint density at radius 3 is 2.68 bits per heavy atom. The molecule has 0 saturated carbocycles. The maximum absolute atomic E-state index is 12.6. The summed E-state index contributed by atoms with van der Waals surface area (Å²) in [6.07, 6.45) is 2.47. The van der Waals surface area contributed by atoms with Gasteiger partial charge in [-0.05, 0) is 43.9 Å². The van der Waals surface area contributed by atoms with E-state index in [1.54, 1.807) is 6.20 Å². The van der Waals surface area contributed by atoms with Gasteiger partial charge in [0.05, 0.1) is 23.0 Å². The minimum Gasteiger partial charge on any atom is -0.348 e. The number of nitrogens with zero attached hydrogens (tertiary/aromatic N) is 2. The number of hydrogen-bond donors (Lipinski definition) is 2. The van der Waals surface area contributed by atoms with Crippen molar-refractivity contribution < 1.29 is 4.79 Å². The van der Waals surface area contributed by atoms with Gasteiger partial charge in [-0.25, -0.2) is 0 Å². The zero-order valence-corrected chi connectivity index (χ0v) is 16.2. The number of carbonyl (C=O) groups is 1. The van der Waals surface area contributed by atoms with Crippen LogP contribution in [-0.4, -0.2) is 15.7 Å². The van der Waals surface area contributed by atoms with E-state index < -0.39 is 0 Å². The van der Waals surface area contributed by atoms with E-state index in [1.165, 1.54) is 11.1 Å². The van der Waals surface area contributed by atoms with Crippen LogP contribution in [0.3, 0.4) is 0 Å². The van der Waals surface area contributed by atoms with Gasteiger partial charge >= 0.3 is 0 Å². The number of hydrogen-bond acceptors (Lipinski definition) is 3. The van der Waals surface area contributed by atoms with Gasteiger partial charge in [0.25, 0.3) is 5.91 Å². The van der Waals surface area contributed by atoms with Crippen molar-refractivity contribution in [1.29, 1.82) is 0 Å². The van der Waals surface area contributed by atoms with Crippen LogP contribution in [0, 0.1) is 0 Å². The lowest BCUT2D eigenvalue weighted by atomic mass is 10.1. The maximum Gasteiger partial charge on any atom is 0.255 e. The fourth-order valence-corrected chi connectivity index (χ4v) is 3.22. The van der Waals surface area contributed by atoms with Gasteiger partial charge in [0.1, 0.15) is 0 Å². The Morgan fingerprint density at radius 2 is 2.00 bits per heavy atom. The first kappa shape index (κ1) is 19.5. The van der Waals surface area contributed by atoms with Crippen LogP contribution in [0.25, 0.3) is 0 Å². The van der Waals surface area contributed by atoms with Gasteiger partial charge in [-0.1, -0.05) is 25.1 Å². The predicted octanol–water partition coefficient (Wildman–Crippen LogP) is 3.16. The molecule has 0 fully saturated rings.